The third kappa shape index (κ3) is 5.79. The zero-order chi connectivity index (χ0) is 18.7. The highest BCUT2D eigenvalue weighted by molar-refractivity contribution is 5.88. The Morgan fingerprint density at radius 2 is 1.63 bits per heavy atom. The van der Waals surface area contributed by atoms with Crippen LogP contribution in [0.4, 0.5) is 4.79 Å². The van der Waals surface area contributed by atoms with Gasteiger partial charge in [-0.1, -0.05) is 78.6 Å². The van der Waals surface area contributed by atoms with Crippen molar-refractivity contribution in [2.75, 3.05) is 19.7 Å². The van der Waals surface area contributed by atoms with Crippen molar-refractivity contribution in [1.29, 1.82) is 0 Å². The number of hydrogen-bond donors (Lipinski definition) is 2. The van der Waals surface area contributed by atoms with E-state index in [0.29, 0.717) is 6.54 Å². The number of carbonyl (C=O) groups is 1. The zero-order valence-corrected chi connectivity index (χ0v) is 15.1. The number of hydrogen-bond acceptors (Lipinski definition) is 2. The number of carbonyl (C=O) groups excluding carboxylic acids is 1. The van der Waals surface area contributed by atoms with Gasteiger partial charge >= 0.3 is 6.03 Å². The summed E-state index contributed by atoms with van der Waals surface area (Å²) in [7, 11) is 0. The molecule has 3 rings (SSSR count). The fourth-order valence-corrected chi connectivity index (χ4v) is 2.70. The maximum atomic E-state index is 11.7. The van der Waals surface area contributed by atoms with Gasteiger partial charge in [-0.2, -0.15) is 0 Å². The normalized spacial score (nSPS) is 9.93. The monoisotopic (exact) mass is 358 g/mol. The van der Waals surface area contributed by atoms with E-state index in [2.05, 4.69) is 22.5 Å². The largest absolute Gasteiger partial charge is 0.480 e. The van der Waals surface area contributed by atoms with Gasteiger partial charge in [0, 0.05) is 11.9 Å². The molecule has 0 aliphatic rings. The fourth-order valence-electron chi connectivity index (χ4n) is 2.70. The van der Waals surface area contributed by atoms with Crippen LogP contribution in [0.1, 0.15) is 5.56 Å². The van der Waals surface area contributed by atoms with Crippen LogP contribution in [0.25, 0.3) is 10.8 Å². The maximum Gasteiger partial charge on any atom is 0.315 e. The highest BCUT2D eigenvalue weighted by atomic mass is 16.5. The van der Waals surface area contributed by atoms with Crippen LogP contribution >= 0.6 is 0 Å². The van der Waals surface area contributed by atoms with Crippen molar-refractivity contribution in [3.63, 3.8) is 0 Å². The fraction of sp³-hybridized carbons (Fsp3) is 0.174. The average Bonchev–Trinajstić information content (AvgIpc) is 2.71. The quantitative estimate of drug-likeness (QED) is 0.659. The number of nitrogens with one attached hydrogen (secondary N) is 2. The van der Waals surface area contributed by atoms with E-state index in [4.69, 9.17) is 4.74 Å². The molecule has 0 spiro atoms. The lowest BCUT2D eigenvalue weighted by atomic mass is 10.1. The van der Waals surface area contributed by atoms with Crippen LogP contribution in [0.2, 0.25) is 0 Å². The number of fused-ring (bicyclic) bond motifs is 1. The summed E-state index contributed by atoms with van der Waals surface area (Å²) in [4.78, 5) is 11.7. The molecule has 0 heterocycles. The third-order valence-electron chi connectivity index (χ3n) is 4.05. The predicted molar refractivity (Wildman–Crippen MR) is 109 cm³/mol. The van der Waals surface area contributed by atoms with Gasteiger partial charge in [0.05, 0.1) is 6.54 Å². The molecule has 0 atom stereocenters. The molecule has 0 saturated carbocycles. The molecule has 136 valence electrons. The minimum atomic E-state index is -0.213. The standard InChI is InChI=1S/C23H22N2O2/c26-23(25-17-15-19-9-2-1-3-10-19)24-16-6-7-18-27-22-14-8-12-20-11-4-5-13-21(20)22/h1-5,8-14H,15-18H2,(H2,24,25,26). The van der Waals surface area contributed by atoms with Crippen molar-refractivity contribution < 1.29 is 9.53 Å². The summed E-state index contributed by atoms with van der Waals surface area (Å²) in [5.74, 6) is 6.63. The number of rotatable bonds is 6. The lowest BCUT2D eigenvalue weighted by molar-refractivity contribution is 0.242. The number of urea groups is 1. The first-order valence-corrected chi connectivity index (χ1v) is 8.95. The SMILES string of the molecule is O=C(NCC#CCOc1cccc2ccccc12)NCCc1ccccc1. The van der Waals surface area contributed by atoms with Gasteiger partial charge in [-0.25, -0.2) is 4.79 Å². The van der Waals surface area contributed by atoms with Crippen molar-refractivity contribution in [3.05, 3.63) is 78.4 Å². The molecule has 0 aromatic heterocycles. The first kappa shape index (κ1) is 18.3. The van der Waals surface area contributed by atoms with Crippen LogP contribution in [0.5, 0.6) is 5.75 Å². The summed E-state index contributed by atoms with van der Waals surface area (Å²) in [6.07, 6.45) is 0.804. The topological polar surface area (TPSA) is 50.4 Å². The maximum absolute atomic E-state index is 11.7. The Bertz CT molecular complexity index is 937. The van der Waals surface area contributed by atoms with Gasteiger partial charge in [0.1, 0.15) is 12.4 Å². The Morgan fingerprint density at radius 3 is 2.52 bits per heavy atom. The summed E-state index contributed by atoms with van der Waals surface area (Å²) >= 11 is 0. The van der Waals surface area contributed by atoms with Gasteiger partial charge in [0.15, 0.2) is 0 Å². The number of amides is 2. The molecule has 27 heavy (non-hydrogen) atoms. The van der Waals surface area contributed by atoms with Gasteiger partial charge in [-0.15, -0.1) is 0 Å². The van der Waals surface area contributed by atoms with Gasteiger partial charge in [-0.3, -0.25) is 0 Å². The average molecular weight is 358 g/mol. The Kier molecular flexibility index (Phi) is 6.72. The van der Waals surface area contributed by atoms with Crippen LogP contribution < -0.4 is 15.4 Å². The molecule has 0 aliphatic carbocycles. The minimum Gasteiger partial charge on any atom is -0.480 e. The Morgan fingerprint density at radius 1 is 0.852 bits per heavy atom. The van der Waals surface area contributed by atoms with Crippen LogP contribution in [-0.2, 0) is 6.42 Å². The van der Waals surface area contributed by atoms with E-state index >= 15 is 0 Å². The Balaban J connectivity index is 1.35. The molecule has 0 radical (unpaired) electrons. The lowest BCUT2D eigenvalue weighted by Crippen LogP contribution is -2.36. The van der Waals surface area contributed by atoms with Crippen molar-refractivity contribution in [1.82, 2.24) is 10.6 Å². The van der Waals surface area contributed by atoms with E-state index in [9.17, 15) is 4.79 Å². The van der Waals surface area contributed by atoms with Crippen LogP contribution in [0, 0.1) is 11.8 Å². The van der Waals surface area contributed by atoms with Crippen molar-refractivity contribution >= 4 is 16.8 Å². The molecule has 2 amide bonds. The molecule has 4 nitrogen and oxygen atoms in total. The van der Waals surface area contributed by atoms with Crippen molar-refractivity contribution in [2.24, 2.45) is 0 Å². The lowest BCUT2D eigenvalue weighted by Gasteiger charge is -2.06. The van der Waals surface area contributed by atoms with Gasteiger partial charge in [0.2, 0.25) is 0 Å². The van der Waals surface area contributed by atoms with E-state index in [1.54, 1.807) is 0 Å². The summed E-state index contributed by atoms with van der Waals surface area (Å²) in [5, 5.41) is 7.74. The Labute approximate surface area is 159 Å². The predicted octanol–water partition coefficient (Wildman–Crippen LogP) is 3.76. The molecule has 4 heteroatoms. The first-order valence-electron chi connectivity index (χ1n) is 8.95. The minimum absolute atomic E-state index is 0.213. The van der Waals surface area contributed by atoms with Crippen molar-refractivity contribution in [2.45, 2.75) is 6.42 Å². The zero-order valence-electron chi connectivity index (χ0n) is 15.1. The van der Waals surface area contributed by atoms with E-state index < -0.39 is 0 Å². The second-order valence-corrected chi connectivity index (χ2v) is 5.96. The summed E-state index contributed by atoms with van der Waals surface area (Å²) < 4.78 is 5.74. The van der Waals surface area contributed by atoms with E-state index in [1.165, 1.54) is 5.56 Å². The second-order valence-electron chi connectivity index (χ2n) is 5.96. The molecule has 3 aromatic rings. The molecular formula is C23H22N2O2. The highest BCUT2D eigenvalue weighted by Gasteiger charge is 2.00. The summed E-state index contributed by atoms with van der Waals surface area (Å²) in [6.45, 7) is 1.16. The highest BCUT2D eigenvalue weighted by Crippen LogP contribution is 2.24. The molecule has 0 fully saturated rings. The van der Waals surface area contributed by atoms with Gasteiger partial charge in [-0.05, 0) is 23.4 Å². The van der Waals surface area contributed by atoms with E-state index in [0.717, 1.165) is 22.9 Å². The van der Waals surface area contributed by atoms with Gasteiger partial charge in [0.25, 0.3) is 0 Å². The Hall–Kier alpha value is -3.45. The van der Waals surface area contributed by atoms with E-state index in [-0.39, 0.29) is 19.2 Å². The van der Waals surface area contributed by atoms with Crippen molar-refractivity contribution in [3.8, 4) is 17.6 Å². The molecule has 0 unspecified atom stereocenters. The van der Waals surface area contributed by atoms with Crippen LogP contribution in [0.3, 0.4) is 0 Å². The smallest absolute Gasteiger partial charge is 0.315 e. The van der Waals surface area contributed by atoms with Crippen LogP contribution in [-0.4, -0.2) is 25.7 Å². The molecule has 0 aliphatic heterocycles. The number of benzene rings is 3. The van der Waals surface area contributed by atoms with Gasteiger partial charge < -0.3 is 15.4 Å². The first-order chi connectivity index (χ1) is 13.3. The van der Waals surface area contributed by atoms with E-state index in [1.807, 2.05) is 72.8 Å². The third-order valence-corrected chi connectivity index (χ3v) is 4.05. The molecule has 2 N–H and O–H groups in total. The van der Waals surface area contributed by atoms with Crippen LogP contribution in [0.15, 0.2) is 72.8 Å². The summed E-state index contributed by atoms with van der Waals surface area (Å²) in [5.41, 5.74) is 1.20. The second kappa shape index (κ2) is 9.88. The number of ether oxygens (including phenoxy) is 1. The molecule has 0 saturated heterocycles. The molecular weight excluding hydrogens is 336 g/mol. The molecule has 3 aromatic carbocycles. The summed E-state index contributed by atoms with van der Waals surface area (Å²) in [6, 6.07) is 23.8. The molecule has 0 bridgehead atoms.